The molecule has 0 radical (unpaired) electrons. The van der Waals surface area contributed by atoms with E-state index >= 15 is 0 Å². The third-order valence-electron chi connectivity index (χ3n) is 5.31. The quantitative estimate of drug-likeness (QED) is 0.288. The van der Waals surface area contributed by atoms with Crippen LogP contribution < -0.4 is 15.4 Å². The van der Waals surface area contributed by atoms with Gasteiger partial charge in [-0.25, -0.2) is 9.67 Å². The van der Waals surface area contributed by atoms with Crippen LogP contribution in [0.2, 0.25) is 10.0 Å². The predicted molar refractivity (Wildman–Crippen MR) is 143 cm³/mol. The van der Waals surface area contributed by atoms with E-state index in [1.54, 1.807) is 25.1 Å². The Bertz CT molecular complexity index is 1660. The minimum Gasteiger partial charge on any atom is -0.406 e. The second kappa shape index (κ2) is 11.7. The number of benzene rings is 2. The van der Waals surface area contributed by atoms with Gasteiger partial charge in [0.1, 0.15) is 17.1 Å². The van der Waals surface area contributed by atoms with Crippen molar-refractivity contribution >= 4 is 40.7 Å². The zero-order valence-corrected chi connectivity index (χ0v) is 22.2. The van der Waals surface area contributed by atoms with Crippen LogP contribution in [0.5, 0.6) is 5.75 Å². The number of halogens is 5. The highest BCUT2D eigenvalue weighted by Crippen LogP contribution is 2.27. The van der Waals surface area contributed by atoms with Gasteiger partial charge in [-0.2, -0.15) is 5.10 Å². The van der Waals surface area contributed by atoms with Gasteiger partial charge in [0.2, 0.25) is 0 Å². The molecule has 2 aromatic heterocycles. The molecule has 4 aromatic rings. The molecule has 0 saturated heterocycles. The zero-order valence-electron chi connectivity index (χ0n) is 20.7. The van der Waals surface area contributed by atoms with Crippen LogP contribution in [-0.2, 0) is 0 Å². The Labute approximate surface area is 236 Å². The van der Waals surface area contributed by atoms with Crippen molar-refractivity contribution in [3.63, 3.8) is 0 Å². The van der Waals surface area contributed by atoms with Crippen molar-refractivity contribution < 1.29 is 27.5 Å². The molecule has 8 nitrogen and oxygen atoms in total. The Morgan fingerprint density at radius 2 is 1.75 bits per heavy atom. The first-order valence-electron chi connectivity index (χ1n) is 11.4. The summed E-state index contributed by atoms with van der Waals surface area (Å²) >= 11 is 12.4. The first-order chi connectivity index (χ1) is 18.9. The molecular formula is C27H18Cl2F3N5O3. The maximum atomic E-state index is 13.5. The largest absolute Gasteiger partial charge is 0.573 e. The minimum absolute atomic E-state index is 0.00367. The van der Waals surface area contributed by atoms with Crippen molar-refractivity contribution in [2.24, 2.45) is 0 Å². The Kier molecular flexibility index (Phi) is 8.32. The molecule has 2 heterocycles. The number of aromatic nitrogens is 3. The SMILES string of the molecule is CNC(=O)c1cc(Cl)cc(C)c1NC(=O)c1cc(C#Cc2ccc(OC(F)(F)F)cc2)nn1-c1ncccc1Cl. The molecule has 0 saturated carbocycles. The van der Waals surface area contributed by atoms with Crippen LogP contribution in [0, 0.1) is 18.8 Å². The third kappa shape index (κ3) is 6.72. The molecule has 0 atom stereocenters. The van der Waals surface area contributed by atoms with Crippen molar-refractivity contribution in [2.45, 2.75) is 13.3 Å². The van der Waals surface area contributed by atoms with E-state index in [2.05, 4.69) is 37.3 Å². The number of carbonyl (C=O) groups excluding carboxylic acids is 2. The molecule has 0 aliphatic rings. The van der Waals surface area contributed by atoms with Gasteiger partial charge in [-0.05, 0) is 66.9 Å². The Morgan fingerprint density at radius 1 is 1.02 bits per heavy atom. The maximum Gasteiger partial charge on any atom is 0.573 e. The van der Waals surface area contributed by atoms with Crippen molar-refractivity contribution in [3.8, 4) is 23.4 Å². The second-order valence-electron chi connectivity index (χ2n) is 8.14. The third-order valence-corrected chi connectivity index (χ3v) is 5.83. The van der Waals surface area contributed by atoms with Crippen molar-refractivity contribution in [3.05, 3.63) is 98.9 Å². The molecule has 0 aliphatic carbocycles. The summed E-state index contributed by atoms with van der Waals surface area (Å²) in [6, 6.07) is 12.5. The first kappa shape index (κ1) is 28.5. The van der Waals surface area contributed by atoms with Gasteiger partial charge in [0, 0.05) is 29.9 Å². The van der Waals surface area contributed by atoms with Crippen LogP contribution in [0.15, 0.2) is 60.8 Å². The normalized spacial score (nSPS) is 10.9. The van der Waals surface area contributed by atoms with Gasteiger partial charge in [-0.3, -0.25) is 9.59 Å². The number of carbonyl (C=O) groups is 2. The lowest BCUT2D eigenvalue weighted by molar-refractivity contribution is -0.274. The zero-order chi connectivity index (χ0) is 29.0. The van der Waals surface area contributed by atoms with Crippen molar-refractivity contribution in [1.29, 1.82) is 0 Å². The number of alkyl halides is 3. The van der Waals surface area contributed by atoms with Crippen molar-refractivity contribution in [1.82, 2.24) is 20.1 Å². The maximum absolute atomic E-state index is 13.5. The topological polar surface area (TPSA) is 98.1 Å². The van der Waals surface area contributed by atoms with Crippen LogP contribution in [0.1, 0.15) is 37.7 Å². The van der Waals surface area contributed by atoms with E-state index in [4.69, 9.17) is 23.2 Å². The number of amides is 2. The number of hydrogen-bond acceptors (Lipinski definition) is 5. The number of nitrogens with one attached hydrogen (secondary N) is 2. The summed E-state index contributed by atoms with van der Waals surface area (Å²) < 4.78 is 42.3. The average molecular weight is 588 g/mol. The van der Waals surface area contributed by atoms with Crippen LogP contribution in [0.4, 0.5) is 18.9 Å². The summed E-state index contributed by atoms with van der Waals surface area (Å²) in [5.41, 5.74) is 1.44. The Hall–Kier alpha value is -4.53. The first-order valence-corrected chi connectivity index (χ1v) is 12.1. The summed E-state index contributed by atoms with van der Waals surface area (Å²) in [6.45, 7) is 1.68. The number of ether oxygens (including phenoxy) is 1. The van der Waals surface area contributed by atoms with Crippen LogP contribution in [0.3, 0.4) is 0 Å². The fourth-order valence-corrected chi connectivity index (χ4v) is 4.05. The van der Waals surface area contributed by atoms with Crippen LogP contribution in [0.25, 0.3) is 5.82 Å². The van der Waals surface area contributed by atoms with E-state index < -0.39 is 18.2 Å². The molecule has 13 heteroatoms. The summed E-state index contributed by atoms with van der Waals surface area (Å²) in [5.74, 6) is 4.21. The molecule has 0 fully saturated rings. The van der Waals surface area contributed by atoms with E-state index in [9.17, 15) is 22.8 Å². The molecule has 0 spiro atoms. The lowest BCUT2D eigenvalue weighted by Crippen LogP contribution is -2.23. The van der Waals surface area contributed by atoms with Gasteiger partial charge in [0.05, 0.1) is 16.3 Å². The molecule has 4 rings (SSSR count). The smallest absolute Gasteiger partial charge is 0.406 e. The van der Waals surface area contributed by atoms with E-state index in [1.807, 2.05) is 0 Å². The lowest BCUT2D eigenvalue weighted by Gasteiger charge is -2.14. The summed E-state index contributed by atoms with van der Waals surface area (Å²) in [6.07, 6.45) is -3.34. The number of pyridine rings is 1. The van der Waals surface area contributed by atoms with E-state index in [0.717, 1.165) is 12.1 Å². The standard InChI is InChI=1S/C27H18Cl2F3N5O3/c1-15-12-17(28)13-20(25(38)33-2)23(15)35-26(39)22-14-18(36-37(22)24-21(29)4-3-11-34-24)8-5-16-6-9-19(10-7-16)40-27(30,31)32/h3-4,6-7,9-14H,1-2H3,(H,33,38)(H,35,39). The molecule has 2 N–H and O–H groups in total. The van der Waals surface area contributed by atoms with E-state index in [-0.39, 0.29) is 39.2 Å². The number of hydrogen-bond donors (Lipinski definition) is 2. The second-order valence-corrected chi connectivity index (χ2v) is 8.98. The van der Waals surface area contributed by atoms with Gasteiger partial charge in [0.15, 0.2) is 5.82 Å². The van der Waals surface area contributed by atoms with Crippen molar-refractivity contribution in [2.75, 3.05) is 12.4 Å². The van der Waals surface area contributed by atoms with Gasteiger partial charge in [-0.15, -0.1) is 13.2 Å². The fraction of sp³-hybridized carbons (Fsp3) is 0.111. The molecule has 40 heavy (non-hydrogen) atoms. The van der Waals surface area contributed by atoms with Crippen LogP contribution in [-0.4, -0.2) is 40.0 Å². The number of aryl methyl sites for hydroxylation is 1. The number of nitrogens with zero attached hydrogens (tertiary/aromatic N) is 3. The molecule has 0 aliphatic heterocycles. The predicted octanol–water partition coefficient (Wildman–Crippen LogP) is 5.79. The molecular weight excluding hydrogens is 570 g/mol. The van der Waals surface area contributed by atoms with Crippen LogP contribution >= 0.6 is 23.2 Å². The van der Waals surface area contributed by atoms with E-state index in [0.29, 0.717) is 16.1 Å². The molecule has 0 bridgehead atoms. The minimum atomic E-state index is -4.81. The monoisotopic (exact) mass is 587 g/mol. The highest BCUT2D eigenvalue weighted by Gasteiger charge is 2.31. The van der Waals surface area contributed by atoms with Gasteiger partial charge in [-0.1, -0.05) is 29.1 Å². The Balaban J connectivity index is 1.72. The van der Waals surface area contributed by atoms with Gasteiger partial charge >= 0.3 is 6.36 Å². The number of anilines is 1. The number of rotatable bonds is 5. The summed E-state index contributed by atoms with van der Waals surface area (Å²) in [5, 5.41) is 10.1. The molecule has 0 unspecified atom stereocenters. The average Bonchev–Trinajstić information content (AvgIpc) is 3.32. The summed E-state index contributed by atoms with van der Waals surface area (Å²) in [7, 11) is 1.45. The molecule has 2 amide bonds. The highest BCUT2D eigenvalue weighted by molar-refractivity contribution is 6.32. The highest BCUT2D eigenvalue weighted by atomic mass is 35.5. The molecule has 204 valence electrons. The van der Waals surface area contributed by atoms with E-state index in [1.165, 1.54) is 42.2 Å². The molecule has 2 aromatic carbocycles. The van der Waals surface area contributed by atoms with Gasteiger partial charge < -0.3 is 15.4 Å². The lowest BCUT2D eigenvalue weighted by atomic mass is 10.1. The Morgan fingerprint density at radius 3 is 2.40 bits per heavy atom. The summed E-state index contributed by atoms with van der Waals surface area (Å²) in [4.78, 5) is 30.2. The van der Waals surface area contributed by atoms with Gasteiger partial charge in [0.25, 0.3) is 11.8 Å². The fourth-order valence-electron chi connectivity index (χ4n) is 3.58.